The maximum absolute atomic E-state index is 14.3. The molecule has 1 aromatic heterocycles. The van der Waals surface area contributed by atoms with Gasteiger partial charge >= 0.3 is 6.18 Å². The summed E-state index contributed by atoms with van der Waals surface area (Å²) in [7, 11) is 1.25. The van der Waals surface area contributed by atoms with Crippen LogP contribution in [0.4, 0.5) is 27.6 Å². The van der Waals surface area contributed by atoms with Crippen LogP contribution in [0.3, 0.4) is 0 Å². The summed E-state index contributed by atoms with van der Waals surface area (Å²) in [6, 6.07) is 2.00. The third-order valence-electron chi connectivity index (χ3n) is 4.61. The second-order valence-corrected chi connectivity index (χ2v) is 6.49. The Morgan fingerprint density at radius 1 is 1.15 bits per heavy atom. The van der Waals surface area contributed by atoms with E-state index in [9.17, 15) is 22.0 Å². The molecule has 1 fully saturated rings. The molecule has 1 aromatic carbocycles. The van der Waals surface area contributed by atoms with E-state index in [2.05, 4.69) is 10.2 Å². The van der Waals surface area contributed by atoms with Crippen LogP contribution in [0.15, 0.2) is 18.3 Å². The molecule has 2 aromatic rings. The summed E-state index contributed by atoms with van der Waals surface area (Å²) < 4.78 is 73.1. The van der Waals surface area contributed by atoms with E-state index in [1.54, 1.807) is 0 Å². The van der Waals surface area contributed by atoms with E-state index in [0.29, 0.717) is 12.8 Å². The quantitative estimate of drug-likeness (QED) is 0.684. The van der Waals surface area contributed by atoms with Crippen LogP contribution in [0.25, 0.3) is 0 Å². The van der Waals surface area contributed by atoms with Gasteiger partial charge in [-0.1, -0.05) is 11.6 Å². The van der Waals surface area contributed by atoms with Crippen LogP contribution in [0.2, 0.25) is 5.15 Å². The number of ether oxygens (including phenoxy) is 1. The molecular formula is C17H15ClF5N3O. The third-order valence-corrected chi connectivity index (χ3v) is 4.88. The van der Waals surface area contributed by atoms with Crippen molar-refractivity contribution in [2.45, 2.75) is 24.9 Å². The summed E-state index contributed by atoms with van der Waals surface area (Å²) in [5, 5.41) is 6.06. The Labute approximate surface area is 156 Å². The van der Waals surface area contributed by atoms with Crippen LogP contribution in [-0.2, 0) is 6.18 Å². The smallest absolute Gasteiger partial charge is 0.421 e. The van der Waals surface area contributed by atoms with Crippen LogP contribution in [-0.4, -0.2) is 30.4 Å². The van der Waals surface area contributed by atoms with E-state index in [0.717, 1.165) is 18.3 Å². The summed E-state index contributed by atoms with van der Waals surface area (Å²) >= 11 is 5.61. The fourth-order valence-electron chi connectivity index (χ4n) is 3.40. The summed E-state index contributed by atoms with van der Waals surface area (Å²) in [5.74, 6) is -1.83. The molecule has 10 heteroatoms. The van der Waals surface area contributed by atoms with Gasteiger partial charge < -0.3 is 9.64 Å². The molecule has 1 saturated heterocycles. The number of hydrogen-bond donors (Lipinski definition) is 0. The molecule has 0 N–H and O–H groups in total. The molecule has 1 aliphatic heterocycles. The molecule has 0 atom stereocenters. The summed E-state index contributed by atoms with van der Waals surface area (Å²) in [5.41, 5.74) is -1.11. The second kappa shape index (κ2) is 7.46. The van der Waals surface area contributed by atoms with E-state index < -0.39 is 28.5 Å². The van der Waals surface area contributed by atoms with Crippen molar-refractivity contribution < 1.29 is 26.7 Å². The van der Waals surface area contributed by atoms with Crippen molar-refractivity contribution in [2.24, 2.45) is 0 Å². The van der Waals surface area contributed by atoms with Gasteiger partial charge in [-0.3, -0.25) is 0 Å². The fourth-order valence-corrected chi connectivity index (χ4v) is 3.65. The van der Waals surface area contributed by atoms with Gasteiger partial charge in [0.15, 0.2) is 16.7 Å². The first-order valence-corrected chi connectivity index (χ1v) is 8.47. The van der Waals surface area contributed by atoms with Gasteiger partial charge in [-0.25, -0.2) is 8.78 Å². The molecule has 1 aliphatic rings. The predicted octanol–water partition coefficient (Wildman–Crippen LogP) is 4.82. The monoisotopic (exact) mass is 407 g/mol. The molecule has 0 aliphatic carbocycles. The number of aromatic nitrogens is 2. The Balaban J connectivity index is 1.86. The number of benzene rings is 1. The number of alkyl halides is 3. The SMILES string of the molecule is COc1c(F)ccc(F)c1C1CCN(c2cnnc(Cl)c2C(F)(F)F)CC1. The van der Waals surface area contributed by atoms with Crippen LogP contribution in [0.5, 0.6) is 5.75 Å². The highest BCUT2D eigenvalue weighted by Gasteiger charge is 2.39. The Hall–Kier alpha value is -2.16. The minimum Gasteiger partial charge on any atom is -0.493 e. The summed E-state index contributed by atoms with van der Waals surface area (Å²) in [6.07, 6.45) is -3.04. The van der Waals surface area contributed by atoms with Gasteiger partial charge in [-0.2, -0.15) is 18.3 Å². The number of rotatable bonds is 3. The van der Waals surface area contributed by atoms with Gasteiger partial charge in [0.1, 0.15) is 11.4 Å². The molecule has 4 nitrogen and oxygen atoms in total. The Bertz CT molecular complexity index is 838. The normalized spacial score (nSPS) is 15.9. The average molecular weight is 408 g/mol. The van der Waals surface area contributed by atoms with Gasteiger partial charge in [0.25, 0.3) is 0 Å². The molecule has 0 spiro atoms. The maximum Gasteiger partial charge on any atom is 0.421 e. The van der Waals surface area contributed by atoms with Gasteiger partial charge in [0, 0.05) is 18.7 Å². The fraction of sp³-hybridized carbons (Fsp3) is 0.412. The van der Waals surface area contributed by atoms with E-state index in [1.165, 1.54) is 12.0 Å². The van der Waals surface area contributed by atoms with Gasteiger partial charge in [-0.15, -0.1) is 5.10 Å². The maximum atomic E-state index is 14.3. The zero-order valence-corrected chi connectivity index (χ0v) is 14.9. The molecule has 27 heavy (non-hydrogen) atoms. The Morgan fingerprint density at radius 2 is 1.78 bits per heavy atom. The largest absolute Gasteiger partial charge is 0.493 e. The van der Waals surface area contributed by atoms with Crippen LogP contribution < -0.4 is 9.64 Å². The lowest BCUT2D eigenvalue weighted by Crippen LogP contribution is -2.35. The van der Waals surface area contributed by atoms with Crippen molar-refractivity contribution in [3.05, 3.63) is 46.2 Å². The first kappa shape index (κ1) is 19.6. The third kappa shape index (κ3) is 3.78. The topological polar surface area (TPSA) is 38.2 Å². The lowest BCUT2D eigenvalue weighted by Gasteiger charge is -2.35. The number of methoxy groups -OCH3 is 1. The molecule has 3 rings (SSSR count). The molecule has 0 radical (unpaired) electrons. The van der Waals surface area contributed by atoms with E-state index in [4.69, 9.17) is 16.3 Å². The van der Waals surface area contributed by atoms with Gasteiger partial charge in [0.05, 0.1) is 19.0 Å². The first-order valence-electron chi connectivity index (χ1n) is 8.09. The van der Waals surface area contributed by atoms with Gasteiger partial charge in [0.2, 0.25) is 0 Å². The second-order valence-electron chi connectivity index (χ2n) is 6.13. The van der Waals surface area contributed by atoms with Crippen molar-refractivity contribution in [3.63, 3.8) is 0 Å². The first-order chi connectivity index (χ1) is 12.7. The highest BCUT2D eigenvalue weighted by atomic mass is 35.5. The zero-order valence-electron chi connectivity index (χ0n) is 14.2. The Morgan fingerprint density at radius 3 is 2.37 bits per heavy atom. The molecule has 146 valence electrons. The number of nitrogens with zero attached hydrogens (tertiary/aromatic N) is 3. The van der Waals surface area contributed by atoms with Gasteiger partial charge in [-0.05, 0) is 30.9 Å². The number of anilines is 1. The van der Waals surface area contributed by atoms with Crippen molar-refractivity contribution in [1.29, 1.82) is 0 Å². The number of piperidine rings is 1. The van der Waals surface area contributed by atoms with Crippen LogP contribution in [0, 0.1) is 11.6 Å². The van der Waals surface area contributed by atoms with Crippen molar-refractivity contribution in [2.75, 3.05) is 25.1 Å². The molecule has 0 saturated carbocycles. The van der Waals surface area contributed by atoms with E-state index in [-0.39, 0.29) is 36.0 Å². The van der Waals surface area contributed by atoms with Crippen molar-refractivity contribution >= 4 is 17.3 Å². The minimum atomic E-state index is -4.68. The highest BCUT2D eigenvalue weighted by Crippen LogP contribution is 2.43. The lowest BCUT2D eigenvalue weighted by atomic mass is 9.88. The summed E-state index contributed by atoms with van der Waals surface area (Å²) in [6.45, 7) is 0.379. The standard InChI is InChI=1S/C17H15ClF5N3O/c1-27-15-11(20)3-2-10(19)13(15)9-4-6-26(7-5-9)12-8-24-25-16(18)14(12)17(21,22)23/h2-3,8-9H,4-7H2,1H3. The van der Waals surface area contributed by atoms with Crippen molar-refractivity contribution in [1.82, 2.24) is 10.2 Å². The molecule has 0 bridgehead atoms. The van der Waals surface area contributed by atoms with Crippen molar-refractivity contribution in [3.8, 4) is 5.75 Å². The predicted molar refractivity (Wildman–Crippen MR) is 89.1 cm³/mol. The molecule has 2 heterocycles. The van der Waals surface area contributed by atoms with Crippen LogP contribution in [0.1, 0.15) is 29.9 Å². The van der Waals surface area contributed by atoms with E-state index in [1.807, 2.05) is 0 Å². The molecular weight excluding hydrogens is 393 g/mol. The Kier molecular flexibility index (Phi) is 5.41. The lowest BCUT2D eigenvalue weighted by molar-refractivity contribution is -0.137. The summed E-state index contributed by atoms with van der Waals surface area (Å²) in [4.78, 5) is 1.48. The van der Waals surface area contributed by atoms with E-state index >= 15 is 0 Å². The molecule has 0 unspecified atom stereocenters. The van der Waals surface area contributed by atoms with Crippen LogP contribution >= 0.6 is 11.6 Å². The highest BCUT2D eigenvalue weighted by molar-refractivity contribution is 6.30. The molecule has 0 amide bonds. The average Bonchev–Trinajstić information content (AvgIpc) is 2.62. The number of hydrogen-bond acceptors (Lipinski definition) is 4. The number of halogens is 6. The zero-order chi connectivity index (χ0) is 19.8. The minimum absolute atomic E-state index is 0.110.